The van der Waals surface area contributed by atoms with Gasteiger partial charge in [-0.15, -0.1) is 0 Å². The standard InChI is InChI=1S/C19H28N2O2/c1-5-14-12-21(13-16(14)20(2)3)18(22)19(10-11-19)15-8-6-7-9-17(15)23-4/h6-9,14,16H,5,10-13H2,1-4H3/t14-,16+/m0/s1. The van der Waals surface area contributed by atoms with E-state index in [0.717, 1.165) is 43.7 Å². The van der Waals surface area contributed by atoms with Crippen molar-refractivity contribution in [1.29, 1.82) is 0 Å². The Bertz CT molecular complexity index is 580. The predicted octanol–water partition coefficient (Wildman–Crippen LogP) is 2.53. The number of nitrogens with zero attached hydrogens (tertiary/aromatic N) is 2. The zero-order valence-electron chi connectivity index (χ0n) is 14.7. The van der Waals surface area contributed by atoms with E-state index < -0.39 is 0 Å². The molecular formula is C19H28N2O2. The van der Waals surface area contributed by atoms with Crippen molar-refractivity contribution in [2.45, 2.75) is 37.6 Å². The first kappa shape index (κ1) is 16.3. The number of hydrogen-bond donors (Lipinski definition) is 0. The predicted molar refractivity (Wildman–Crippen MR) is 91.7 cm³/mol. The number of ether oxygens (including phenoxy) is 1. The van der Waals surface area contributed by atoms with Crippen LogP contribution < -0.4 is 4.74 Å². The molecule has 4 heteroatoms. The van der Waals surface area contributed by atoms with Crippen molar-refractivity contribution in [3.8, 4) is 5.75 Å². The SMILES string of the molecule is CC[C@H]1CN(C(=O)C2(c3ccccc3OC)CC2)C[C@H]1N(C)C. The summed E-state index contributed by atoms with van der Waals surface area (Å²) in [5, 5.41) is 0. The van der Waals surface area contributed by atoms with Gasteiger partial charge in [0.05, 0.1) is 12.5 Å². The second-order valence-corrected chi connectivity index (χ2v) is 7.19. The van der Waals surface area contributed by atoms with Gasteiger partial charge in [0, 0.05) is 24.7 Å². The van der Waals surface area contributed by atoms with Crippen LogP contribution in [0, 0.1) is 5.92 Å². The van der Waals surface area contributed by atoms with Gasteiger partial charge in [0.2, 0.25) is 5.91 Å². The van der Waals surface area contributed by atoms with E-state index in [4.69, 9.17) is 4.74 Å². The first-order valence-electron chi connectivity index (χ1n) is 8.62. The van der Waals surface area contributed by atoms with Crippen LogP contribution in [0.3, 0.4) is 0 Å². The Hall–Kier alpha value is -1.55. The van der Waals surface area contributed by atoms with Crippen LogP contribution in [-0.2, 0) is 10.2 Å². The lowest BCUT2D eigenvalue weighted by molar-refractivity contribution is -0.133. The third-order valence-electron chi connectivity index (χ3n) is 5.66. The monoisotopic (exact) mass is 316 g/mol. The lowest BCUT2D eigenvalue weighted by Gasteiger charge is -2.26. The first-order chi connectivity index (χ1) is 11.0. The van der Waals surface area contributed by atoms with E-state index in [9.17, 15) is 4.79 Å². The summed E-state index contributed by atoms with van der Waals surface area (Å²) in [5.74, 6) is 1.71. The smallest absolute Gasteiger partial charge is 0.233 e. The minimum Gasteiger partial charge on any atom is -0.496 e. The minimum atomic E-state index is -0.341. The number of carbonyl (C=O) groups is 1. The van der Waals surface area contributed by atoms with Crippen molar-refractivity contribution in [1.82, 2.24) is 9.80 Å². The van der Waals surface area contributed by atoms with Crippen LogP contribution in [0.1, 0.15) is 31.7 Å². The molecule has 2 fully saturated rings. The van der Waals surface area contributed by atoms with Gasteiger partial charge < -0.3 is 14.5 Å². The summed E-state index contributed by atoms with van der Waals surface area (Å²) in [5.41, 5.74) is 0.723. The van der Waals surface area contributed by atoms with Crippen molar-refractivity contribution >= 4 is 5.91 Å². The summed E-state index contributed by atoms with van der Waals surface area (Å²) in [7, 11) is 5.92. The number of benzene rings is 1. The van der Waals surface area contributed by atoms with Crippen LogP contribution in [0.4, 0.5) is 0 Å². The molecule has 0 bridgehead atoms. The van der Waals surface area contributed by atoms with Crippen molar-refractivity contribution < 1.29 is 9.53 Å². The molecule has 0 aromatic heterocycles. The summed E-state index contributed by atoms with van der Waals surface area (Å²) >= 11 is 0. The van der Waals surface area contributed by atoms with E-state index in [2.05, 4.69) is 36.9 Å². The maximum atomic E-state index is 13.3. The molecule has 0 unspecified atom stereocenters. The van der Waals surface area contributed by atoms with E-state index in [1.165, 1.54) is 0 Å². The quantitative estimate of drug-likeness (QED) is 0.837. The first-order valence-corrected chi connectivity index (χ1v) is 8.62. The molecule has 1 aromatic carbocycles. The van der Waals surface area contributed by atoms with Gasteiger partial charge in [0.15, 0.2) is 0 Å². The van der Waals surface area contributed by atoms with Crippen molar-refractivity contribution in [3.05, 3.63) is 29.8 Å². The Balaban J connectivity index is 1.83. The molecule has 1 saturated heterocycles. The summed E-state index contributed by atoms with van der Waals surface area (Å²) in [6.07, 6.45) is 2.99. The van der Waals surface area contributed by atoms with Gasteiger partial charge in [-0.1, -0.05) is 31.5 Å². The van der Waals surface area contributed by atoms with Crippen LogP contribution in [0.25, 0.3) is 0 Å². The molecule has 1 aromatic rings. The Morgan fingerprint density at radius 2 is 2.00 bits per heavy atom. The van der Waals surface area contributed by atoms with Gasteiger partial charge in [0.25, 0.3) is 0 Å². The molecule has 3 rings (SSSR count). The molecule has 1 amide bonds. The third-order valence-corrected chi connectivity index (χ3v) is 5.66. The van der Waals surface area contributed by atoms with Crippen molar-refractivity contribution in [2.75, 3.05) is 34.3 Å². The summed E-state index contributed by atoms with van der Waals surface area (Å²) in [6, 6.07) is 8.46. The van der Waals surface area contributed by atoms with Crippen LogP contribution in [0.2, 0.25) is 0 Å². The molecule has 2 atom stereocenters. The van der Waals surface area contributed by atoms with E-state index >= 15 is 0 Å². The summed E-state index contributed by atoms with van der Waals surface area (Å²) in [4.78, 5) is 17.6. The molecule has 4 nitrogen and oxygen atoms in total. The van der Waals surface area contributed by atoms with Crippen LogP contribution in [-0.4, -0.2) is 56.0 Å². The van der Waals surface area contributed by atoms with Crippen molar-refractivity contribution in [2.24, 2.45) is 5.92 Å². The number of amides is 1. The highest BCUT2D eigenvalue weighted by Gasteiger charge is 2.55. The molecule has 2 aliphatic rings. The van der Waals surface area contributed by atoms with E-state index in [0.29, 0.717) is 17.9 Å². The van der Waals surface area contributed by atoms with Gasteiger partial charge in [-0.3, -0.25) is 4.79 Å². The molecule has 0 N–H and O–H groups in total. The molecule has 126 valence electrons. The number of likely N-dealkylation sites (N-methyl/N-ethyl adjacent to an activating group) is 1. The number of carbonyl (C=O) groups excluding carboxylic acids is 1. The average Bonchev–Trinajstić information content (AvgIpc) is 3.25. The fraction of sp³-hybridized carbons (Fsp3) is 0.632. The molecule has 23 heavy (non-hydrogen) atoms. The Morgan fingerprint density at radius 1 is 1.30 bits per heavy atom. The van der Waals surface area contributed by atoms with Crippen molar-refractivity contribution in [3.63, 3.8) is 0 Å². The van der Waals surface area contributed by atoms with Gasteiger partial charge in [0.1, 0.15) is 5.75 Å². The Morgan fingerprint density at radius 3 is 2.52 bits per heavy atom. The lowest BCUT2D eigenvalue weighted by Crippen LogP contribution is -2.40. The molecule has 1 aliphatic heterocycles. The normalized spacial score (nSPS) is 25.7. The Labute approximate surface area is 139 Å². The van der Waals surface area contributed by atoms with Gasteiger partial charge in [-0.25, -0.2) is 0 Å². The second-order valence-electron chi connectivity index (χ2n) is 7.19. The molecule has 1 aliphatic carbocycles. The number of hydrogen-bond acceptors (Lipinski definition) is 3. The van der Waals surface area contributed by atoms with Gasteiger partial charge in [-0.2, -0.15) is 0 Å². The average molecular weight is 316 g/mol. The van der Waals surface area contributed by atoms with Gasteiger partial charge in [-0.05, 0) is 38.9 Å². The highest BCUT2D eigenvalue weighted by Crippen LogP contribution is 2.53. The molecule has 1 heterocycles. The summed E-state index contributed by atoms with van der Waals surface area (Å²) in [6.45, 7) is 3.96. The topological polar surface area (TPSA) is 32.8 Å². The second kappa shape index (κ2) is 6.16. The number of likely N-dealkylation sites (tertiary alicyclic amines) is 1. The Kier molecular flexibility index (Phi) is 4.37. The number of methoxy groups -OCH3 is 1. The van der Waals surface area contributed by atoms with E-state index in [1.54, 1.807) is 7.11 Å². The molecule has 1 saturated carbocycles. The minimum absolute atomic E-state index is 0.296. The number of para-hydroxylation sites is 1. The zero-order chi connectivity index (χ0) is 16.6. The fourth-order valence-electron chi connectivity index (χ4n) is 4.07. The lowest BCUT2D eigenvalue weighted by atomic mass is 9.93. The molecule has 0 spiro atoms. The third kappa shape index (κ3) is 2.74. The maximum absolute atomic E-state index is 13.3. The molecular weight excluding hydrogens is 288 g/mol. The van der Waals surface area contributed by atoms with Crippen LogP contribution in [0.5, 0.6) is 5.75 Å². The van der Waals surface area contributed by atoms with E-state index in [1.807, 2.05) is 18.2 Å². The van der Waals surface area contributed by atoms with Crippen LogP contribution in [0.15, 0.2) is 24.3 Å². The largest absolute Gasteiger partial charge is 0.496 e. The van der Waals surface area contributed by atoms with Crippen LogP contribution >= 0.6 is 0 Å². The molecule has 0 radical (unpaired) electrons. The number of rotatable bonds is 5. The maximum Gasteiger partial charge on any atom is 0.233 e. The zero-order valence-corrected chi connectivity index (χ0v) is 14.7. The van der Waals surface area contributed by atoms with E-state index in [-0.39, 0.29) is 5.41 Å². The van der Waals surface area contributed by atoms with Gasteiger partial charge >= 0.3 is 0 Å². The summed E-state index contributed by atoms with van der Waals surface area (Å²) < 4.78 is 5.51. The fourth-order valence-corrected chi connectivity index (χ4v) is 4.07. The highest BCUT2D eigenvalue weighted by molar-refractivity contribution is 5.92. The highest BCUT2D eigenvalue weighted by atomic mass is 16.5.